The van der Waals surface area contributed by atoms with Gasteiger partial charge in [-0.25, -0.2) is 4.98 Å². The quantitative estimate of drug-likeness (QED) is 0.415. The summed E-state index contributed by atoms with van der Waals surface area (Å²) in [6, 6.07) is 16.1. The van der Waals surface area contributed by atoms with Crippen LogP contribution in [0, 0.1) is 6.92 Å². The summed E-state index contributed by atoms with van der Waals surface area (Å²) in [5.74, 6) is 1.68. The predicted octanol–water partition coefficient (Wildman–Crippen LogP) is 4.07. The molecule has 0 radical (unpaired) electrons. The average molecular weight is 453 g/mol. The number of hydrogen-bond acceptors (Lipinski definition) is 7. The van der Waals surface area contributed by atoms with Crippen molar-refractivity contribution in [2.75, 3.05) is 36.5 Å². The Bertz CT molecular complexity index is 1440. The number of aryl methyl sites for hydroxylation is 1. The Labute approximate surface area is 196 Å². The first-order valence-corrected chi connectivity index (χ1v) is 11.3. The molecule has 2 N–H and O–H groups in total. The van der Waals surface area contributed by atoms with Gasteiger partial charge in [-0.2, -0.15) is 14.7 Å². The van der Waals surface area contributed by atoms with Crippen molar-refractivity contribution in [3.05, 3.63) is 72.7 Å². The van der Waals surface area contributed by atoms with Gasteiger partial charge in [0.05, 0.1) is 18.9 Å². The van der Waals surface area contributed by atoms with Crippen molar-refractivity contribution in [3.63, 3.8) is 0 Å². The SMILES string of the molecule is Cc1ccccc1-c1cc(Nc2c(-c3ccncc3)nn3c(N4CCOCC4)ccnc23)n[nH]1. The van der Waals surface area contributed by atoms with Crippen LogP contribution >= 0.6 is 0 Å². The normalized spacial score (nSPS) is 14.0. The number of hydrogen-bond donors (Lipinski definition) is 2. The Kier molecular flexibility index (Phi) is 5.15. The van der Waals surface area contributed by atoms with Gasteiger partial charge in [0.2, 0.25) is 0 Å². The fourth-order valence-electron chi connectivity index (χ4n) is 4.32. The Morgan fingerprint density at radius 3 is 2.65 bits per heavy atom. The molecule has 0 aliphatic carbocycles. The average Bonchev–Trinajstić information content (AvgIpc) is 3.51. The summed E-state index contributed by atoms with van der Waals surface area (Å²) in [5, 5.41) is 16.1. The zero-order chi connectivity index (χ0) is 22.9. The monoisotopic (exact) mass is 452 g/mol. The fourth-order valence-corrected chi connectivity index (χ4v) is 4.32. The van der Waals surface area contributed by atoms with Crippen LogP contribution in [-0.4, -0.2) is 56.1 Å². The Hall–Kier alpha value is -4.24. The maximum Gasteiger partial charge on any atom is 0.181 e. The number of fused-ring (bicyclic) bond motifs is 1. The molecule has 6 rings (SSSR count). The van der Waals surface area contributed by atoms with E-state index in [0.29, 0.717) is 19.0 Å². The third-order valence-corrected chi connectivity index (χ3v) is 6.05. The number of anilines is 3. The van der Waals surface area contributed by atoms with Gasteiger partial charge in [0.15, 0.2) is 11.5 Å². The van der Waals surface area contributed by atoms with E-state index >= 15 is 0 Å². The molecule has 1 aliphatic rings. The van der Waals surface area contributed by atoms with E-state index in [9.17, 15) is 0 Å². The second-order valence-corrected chi connectivity index (χ2v) is 8.20. The highest BCUT2D eigenvalue weighted by Gasteiger charge is 2.22. The minimum Gasteiger partial charge on any atom is -0.378 e. The summed E-state index contributed by atoms with van der Waals surface area (Å²) in [6.45, 7) is 5.11. The Balaban J connectivity index is 1.45. The standard InChI is InChI=1S/C25H24N8O/c1-17-4-2-3-5-19(17)20-16-21(30-29-20)28-24-23(18-6-9-26-10-7-18)31-33-22(8-11-27-25(24)33)32-12-14-34-15-13-32/h2-11,16H,12-15H2,1H3,(H2,28,29,30). The third-order valence-electron chi connectivity index (χ3n) is 6.05. The van der Waals surface area contributed by atoms with Gasteiger partial charge in [-0.05, 0) is 30.7 Å². The molecular weight excluding hydrogens is 428 g/mol. The number of nitrogens with one attached hydrogen (secondary N) is 2. The fraction of sp³-hybridized carbons (Fsp3) is 0.200. The van der Waals surface area contributed by atoms with E-state index < -0.39 is 0 Å². The minimum atomic E-state index is 0.696. The molecule has 0 bridgehead atoms. The number of pyridine rings is 1. The highest BCUT2D eigenvalue weighted by Crippen LogP contribution is 2.35. The summed E-state index contributed by atoms with van der Waals surface area (Å²) < 4.78 is 7.44. The van der Waals surface area contributed by atoms with Crippen molar-refractivity contribution in [2.24, 2.45) is 0 Å². The van der Waals surface area contributed by atoms with Crippen LogP contribution in [0.3, 0.4) is 0 Å². The summed E-state index contributed by atoms with van der Waals surface area (Å²) in [6.07, 6.45) is 5.36. The van der Waals surface area contributed by atoms with Gasteiger partial charge in [-0.3, -0.25) is 10.1 Å². The van der Waals surface area contributed by atoms with Crippen molar-refractivity contribution in [1.29, 1.82) is 0 Å². The van der Waals surface area contributed by atoms with Crippen LogP contribution < -0.4 is 10.2 Å². The number of nitrogens with zero attached hydrogens (tertiary/aromatic N) is 6. The lowest BCUT2D eigenvalue weighted by Crippen LogP contribution is -2.37. The lowest BCUT2D eigenvalue weighted by atomic mass is 10.1. The molecule has 0 unspecified atom stereocenters. The van der Waals surface area contributed by atoms with Crippen LogP contribution in [0.15, 0.2) is 67.1 Å². The van der Waals surface area contributed by atoms with Gasteiger partial charge in [-0.1, -0.05) is 24.3 Å². The molecule has 1 aromatic carbocycles. The summed E-state index contributed by atoms with van der Waals surface area (Å²) in [7, 11) is 0. The molecule has 0 atom stereocenters. The molecule has 1 aliphatic heterocycles. The molecule has 0 amide bonds. The van der Waals surface area contributed by atoms with Crippen LogP contribution in [0.25, 0.3) is 28.2 Å². The molecule has 1 fully saturated rings. The van der Waals surface area contributed by atoms with Crippen LogP contribution in [0.1, 0.15) is 5.56 Å². The van der Waals surface area contributed by atoms with Crippen molar-refractivity contribution in [1.82, 2.24) is 29.8 Å². The molecule has 9 heteroatoms. The number of morpholine rings is 1. The summed E-state index contributed by atoms with van der Waals surface area (Å²) in [4.78, 5) is 11.1. The number of aromatic nitrogens is 6. The Morgan fingerprint density at radius 2 is 1.82 bits per heavy atom. The van der Waals surface area contributed by atoms with Crippen molar-refractivity contribution in [3.8, 4) is 22.5 Å². The third kappa shape index (κ3) is 3.65. The van der Waals surface area contributed by atoms with Gasteiger partial charge < -0.3 is 15.0 Å². The smallest absolute Gasteiger partial charge is 0.181 e. The molecule has 0 saturated carbocycles. The molecule has 0 spiro atoms. The first-order chi connectivity index (χ1) is 16.8. The number of ether oxygens (including phenoxy) is 1. The maximum atomic E-state index is 5.54. The van der Waals surface area contributed by atoms with Crippen LogP contribution in [-0.2, 0) is 4.74 Å². The van der Waals surface area contributed by atoms with Gasteiger partial charge in [0.25, 0.3) is 0 Å². The molecule has 1 saturated heterocycles. The van der Waals surface area contributed by atoms with E-state index in [-0.39, 0.29) is 0 Å². The van der Waals surface area contributed by atoms with E-state index in [1.807, 2.05) is 47.1 Å². The van der Waals surface area contributed by atoms with Crippen LogP contribution in [0.4, 0.5) is 17.3 Å². The van der Waals surface area contributed by atoms with Crippen molar-refractivity contribution in [2.45, 2.75) is 6.92 Å². The highest BCUT2D eigenvalue weighted by atomic mass is 16.5. The van der Waals surface area contributed by atoms with Crippen molar-refractivity contribution >= 4 is 23.0 Å². The first-order valence-electron chi connectivity index (χ1n) is 11.3. The van der Waals surface area contributed by atoms with E-state index in [2.05, 4.69) is 49.4 Å². The summed E-state index contributed by atoms with van der Waals surface area (Å²) in [5.41, 5.74) is 6.51. The first kappa shape index (κ1) is 20.4. The topological polar surface area (TPSA) is 96.3 Å². The van der Waals surface area contributed by atoms with Crippen molar-refractivity contribution < 1.29 is 4.74 Å². The maximum absolute atomic E-state index is 5.54. The van der Waals surface area contributed by atoms with E-state index in [1.54, 1.807) is 12.4 Å². The number of rotatable bonds is 5. The number of benzene rings is 1. The van der Waals surface area contributed by atoms with E-state index in [1.165, 1.54) is 5.56 Å². The minimum absolute atomic E-state index is 0.696. The zero-order valence-electron chi connectivity index (χ0n) is 18.8. The second-order valence-electron chi connectivity index (χ2n) is 8.20. The van der Waals surface area contributed by atoms with Gasteiger partial charge in [0.1, 0.15) is 17.2 Å². The second kappa shape index (κ2) is 8.60. The molecule has 170 valence electrons. The predicted molar refractivity (Wildman–Crippen MR) is 131 cm³/mol. The van der Waals surface area contributed by atoms with E-state index in [4.69, 9.17) is 9.84 Å². The van der Waals surface area contributed by atoms with E-state index in [0.717, 1.165) is 52.8 Å². The largest absolute Gasteiger partial charge is 0.378 e. The van der Waals surface area contributed by atoms with Crippen LogP contribution in [0.5, 0.6) is 0 Å². The lowest BCUT2D eigenvalue weighted by Gasteiger charge is -2.28. The van der Waals surface area contributed by atoms with Gasteiger partial charge >= 0.3 is 0 Å². The zero-order valence-corrected chi connectivity index (χ0v) is 18.8. The molecule has 5 heterocycles. The van der Waals surface area contributed by atoms with Gasteiger partial charge in [-0.15, -0.1) is 0 Å². The number of aromatic amines is 1. The molecule has 9 nitrogen and oxygen atoms in total. The van der Waals surface area contributed by atoms with Crippen LogP contribution in [0.2, 0.25) is 0 Å². The number of H-pyrrole nitrogens is 1. The lowest BCUT2D eigenvalue weighted by molar-refractivity contribution is 0.122. The molecule has 5 aromatic rings. The highest BCUT2D eigenvalue weighted by molar-refractivity contribution is 5.88. The molecular formula is C25H24N8O. The summed E-state index contributed by atoms with van der Waals surface area (Å²) >= 11 is 0. The van der Waals surface area contributed by atoms with Gasteiger partial charge in [0, 0.05) is 48.9 Å². The molecule has 4 aromatic heterocycles. The molecule has 34 heavy (non-hydrogen) atoms. The Morgan fingerprint density at radius 1 is 1.00 bits per heavy atom.